The molecule has 0 amide bonds. The van der Waals surface area contributed by atoms with Crippen molar-refractivity contribution < 1.29 is 9.84 Å². The third-order valence-corrected chi connectivity index (χ3v) is 3.44. The average molecular weight is 240 g/mol. The number of aryl methyl sites for hydroxylation is 1. The Kier molecular flexibility index (Phi) is 2.80. The minimum atomic E-state index is -0.717. The van der Waals surface area contributed by atoms with E-state index in [-0.39, 0.29) is 5.92 Å². The van der Waals surface area contributed by atoms with Crippen molar-refractivity contribution in [1.82, 2.24) is 0 Å². The van der Waals surface area contributed by atoms with Gasteiger partial charge in [0.05, 0.1) is 0 Å². The second kappa shape index (κ2) is 4.46. The Labute approximate surface area is 107 Å². The fraction of sp³-hybridized carbons (Fsp3) is 0.250. The minimum absolute atomic E-state index is 0.213. The predicted molar refractivity (Wildman–Crippen MR) is 70.7 cm³/mol. The van der Waals surface area contributed by atoms with Crippen molar-refractivity contribution >= 4 is 0 Å². The molecule has 1 heterocycles. The van der Waals surface area contributed by atoms with E-state index in [1.807, 2.05) is 30.3 Å². The summed E-state index contributed by atoms with van der Waals surface area (Å²) in [5.74, 6) is 1.01. The van der Waals surface area contributed by atoms with Crippen LogP contribution in [0, 0.1) is 6.92 Å². The van der Waals surface area contributed by atoms with Gasteiger partial charge in [0.1, 0.15) is 5.75 Å². The van der Waals surface area contributed by atoms with Gasteiger partial charge in [0, 0.05) is 17.9 Å². The smallest absolute Gasteiger partial charge is 0.198 e. The number of ether oxygens (including phenoxy) is 1. The number of rotatable bonds is 1. The maximum Gasteiger partial charge on any atom is 0.198 e. The monoisotopic (exact) mass is 240 g/mol. The van der Waals surface area contributed by atoms with E-state index < -0.39 is 6.29 Å². The van der Waals surface area contributed by atoms with Crippen molar-refractivity contribution in [2.45, 2.75) is 25.6 Å². The summed E-state index contributed by atoms with van der Waals surface area (Å²) in [7, 11) is 0. The first-order chi connectivity index (χ1) is 8.74. The molecule has 1 aliphatic heterocycles. The summed E-state index contributed by atoms with van der Waals surface area (Å²) in [6.45, 7) is 2.08. The molecule has 2 aromatic carbocycles. The standard InChI is InChI=1S/C16H16O2/c1-11-7-8-15-14(9-11)13(10-16(17)18-15)12-5-3-2-4-6-12/h2-9,13,16-17H,10H2,1H3. The van der Waals surface area contributed by atoms with Gasteiger partial charge >= 0.3 is 0 Å². The van der Waals surface area contributed by atoms with Crippen LogP contribution in [0.2, 0.25) is 0 Å². The lowest BCUT2D eigenvalue weighted by atomic mass is 9.85. The Morgan fingerprint density at radius 3 is 2.67 bits per heavy atom. The Balaban J connectivity index is 2.09. The molecule has 0 spiro atoms. The topological polar surface area (TPSA) is 29.5 Å². The van der Waals surface area contributed by atoms with E-state index in [2.05, 4.69) is 25.1 Å². The molecular formula is C16H16O2. The highest BCUT2D eigenvalue weighted by Crippen LogP contribution is 2.40. The Hall–Kier alpha value is -1.80. The summed E-state index contributed by atoms with van der Waals surface area (Å²) in [5, 5.41) is 9.83. The van der Waals surface area contributed by atoms with E-state index >= 15 is 0 Å². The zero-order valence-corrected chi connectivity index (χ0v) is 10.3. The van der Waals surface area contributed by atoms with Gasteiger partial charge < -0.3 is 9.84 Å². The first-order valence-electron chi connectivity index (χ1n) is 6.24. The van der Waals surface area contributed by atoms with Crippen LogP contribution in [0.4, 0.5) is 0 Å². The van der Waals surface area contributed by atoms with Crippen LogP contribution >= 0.6 is 0 Å². The van der Waals surface area contributed by atoms with Gasteiger partial charge in [-0.05, 0) is 18.6 Å². The zero-order chi connectivity index (χ0) is 12.5. The molecule has 0 aliphatic carbocycles. The average Bonchev–Trinajstić information content (AvgIpc) is 2.39. The molecule has 18 heavy (non-hydrogen) atoms. The van der Waals surface area contributed by atoms with Crippen molar-refractivity contribution in [3.05, 3.63) is 65.2 Å². The molecule has 2 nitrogen and oxygen atoms in total. The second-order valence-corrected chi connectivity index (χ2v) is 4.81. The molecule has 2 atom stereocenters. The summed E-state index contributed by atoms with van der Waals surface area (Å²) in [6, 6.07) is 16.4. The molecule has 0 saturated heterocycles. The van der Waals surface area contributed by atoms with Crippen LogP contribution in [0.3, 0.4) is 0 Å². The molecular weight excluding hydrogens is 224 g/mol. The molecule has 0 fully saturated rings. The van der Waals surface area contributed by atoms with E-state index in [1.165, 1.54) is 16.7 Å². The van der Waals surface area contributed by atoms with Gasteiger partial charge in [0.15, 0.2) is 6.29 Å². The lowest BCUT2D eigenvalue weighted by Gasteiger charge is -2.30. The van der Waals surface area contributed by atoms with Gasteiger partial charge in [-0.3, -0.25) is 0 Å². The molecule has 2 unspecified atom stereocenters. The highest BCUT2D eigenvalue weighted by atomic mass is 16.6. The highest BCUT2D eigenvalue weighted by molar-refractivity contribution is 5.45. The van der Waals surface area contributed by atoms with Gasteiger partial charge in [-0.25, -0.2) is 0 Å². The second-order valence-electron chi connectivity index (χ2n) is 4.81. The molecule has 0 saturated carbocycles. The number of aliphatic hydroxyl groups excluding tert-OH is 1. The van der Waals surface area contributed by atoms with Crippen LogP contribution in [0.5, 0.6) is 5.75 Å². The van der Waals surface area contributed by atoms with Crippen molar-refractivity contribution in [3.8, 4) is 5.75 Å². The van der Waals surface area contributed by atoms with E-state index in [4.69, 9.17) is 4.74 Å². The molecule has 1 N–H and O–H groups in total. The number of hydrogen-bond donors (Lipinski definition) is 1. The number of benzene rings is 2. The van der Waals surface area contributed by atoms with Crippen molar-refractivity contribution in [3.63, 3.8) is 0 Å². The van der Waals surface area contributed by atoms with Crippen LogP contribution in [-0.2, 0) is 0 Å². The minimum Gasteiger partial charge on any atom is -0.465 e. The van der Waals surface area contributed by atoms with Crippen LogP contribution in [0.1, 0.15) is 29.0 Å². The van der Waals surface area contributed by atoms with Gasteiger partial charge in [-0.2, -0.15) is 0 Å². The van der Waals surface area contributed by atoms with Crippen molar-refractivity contribution in [2.24, 2.45) is 0 Å². The molecule has 0 radical (unpaired) electrons. The van der Waals surface area contributed by atoms with Gasteiger partial charge in [0.25, 0.3) is 0 Å². The molecule has 92 valence electrons. The fourth-order valence-electron chi connectivity index (χ4n) is 2.57. The summed E-state index contributed by atoms with van der Waals surface area (Å²) >= 11 is 0. The third kappa shape index (κ3) is 2.00. The number of hydrogen-bond acceptors (Lipinski definition) is 2. The lowest BCUT2D eigenvalue weighted by molar-refractivity contribution is -0.0359. The molecule has 1 aliphatic rings. The normalized spacial score (nSPS) is 22.1. The quantitative estimate of drug-likeness (QED) is 0.829. The van der Waals surface area contributed by atoms with Gasteiger partial charge in [-0.15, -0.1) is 0 Å². The SMILES string of the molecule is Cc1ccc2c(c1)C(c1ccccc1)CC(O)O2. The molecule has 2 aromatic rings. The van der Waals surface area contributed by atoms with E-state index in [1.54, 1.807) is 0 Å². The number of aliphatic hydroxyl groups is 1. The first-order valence-corrected chi connectivity index (χ1v) is 6.24. The fourth-order valence-corrected chi connectivity index (χ4v) is 2.57. The molecule has 3 rings (SSSR count). The van der Waals surface area contributed by atoms with Crippen LogP contribution in [0.25, 0.3) is 0 Å². The van der Waals surface area contributed by atoms with Crippen molar-refractivity contribution in [1.29, 1.82) is 0 Å². The van der Waals surface area contributed by atoms with Crippen molar-refractivity contribution in [2.75, 3.05) is 0 Å². The molecule has 0 aromatic heterocycles. The lowest BCUT2D eigenvalue weighted by Crippen LogP contribution is -2.25. The van der Waals surface area contributed by atoms with E-state index in [9.17, 15) is 5.11 Å². The number of fused-ring (bicyclic) bond motifs is 1. The summed E-state index contributed by atoms with van der Waals surface area (Å²) in [6.07, 6.45) is -0.106. The largest absolute Gasteiger partial charge is 0.465 e. The third-order valence-electron chi connectivity index (χ3n) is 3.44. The summed E-state index contributed by atoms with van der Waals surface area (Å²) in [4.78, 5) is 0. The Morgan fingerprint density at radius 2 is 1.89 bits per heavy atom. The highest BCUT2D eigenvalue weighted by Gasteiger charge is 2.28. The summed E-state index contributed by atoms with van der Waals surface area (Å²) < 4.78 is 5.49. The zero-order valence-electron chi connectivity index (χ0n) is 10.3. The van der Waals surface area contributed by atoms with Gasteiger partial charge in [-0.1, -0.05) is 48.0 Å². The van der Waals surface area contributed by atoms with Crippen LogP contribution in [0.15, 0.2) is 48.5 Å². The van der Waals surface area contributed by atoms with E-state index in [0.717, 1.165) is 5.75 Å². The summed E-state index contributed by atoms with van der Waals surface area (Å²) in [5.41, 5.74) is 3.62. The van der Waals surface area contributed by atoms with Crippen LogP contribution in [-0.4, -0.2) is 11.4 Å². The van der Waals surface area contributed by atoms with Gasteiger partial charge in [0.2, 0.25) is 0 Å². The molecule has 0 bridgehead atoms. The Bertz CT molecular complexity index is 548. The van der Waals surface area contributed by atoms with Crippen LogP contribution < -0.4 is 4.74 Å². The predicted octanol–water partition coefficient (Wildman–Crippen LogP) is 3.23. The Morgan fingerprint density at radius 1 is 1.11 bits per heavy atom. The first kappa shape index (κ1) is 11.3. The maximum atomic E-state index is 9.83. The van der Waals surface area contributed by atoms with E-state index in [0.29, 0.717) is 6.42 Å². The molecule has 2 heteroatoms. The maximum absolute atomic E-state index is 9.83.